The summed E-state index contributed by atoms with van der Waals surface area (Å²) in [6.07, 6.45) is 9.14. The third kappa shape index (κ3) is 1.70. The van der Waals surface area contributed by atoms with Crippen LogP contribution in [0.4, 0.5) is 0 Å². The van der Waals surface area contributed by atoms with Crippen LogP contribution in [0.3, 0.4) is 0 Å². The van der Waals surface area contributed by atoms with Crippen LogP contribution in [0, 0.1) is 23.7 Å². The highest BCUT2D eigenvalue weighted by atomic mass is 16.1. The second-order valence-corrected chi connectivity index (χ2v) is 3.31. The number of carbonyl (C=O) groups excluding carboxylic acids is 1. The van der Waals surface area contributed by atoms with Crippen molar-refractivity contribution < 1.29 is 4.79 Å². The number of nitrogens with one attached hydrogen (secondary N) is 1. The Labute approximate surface area is 97.7 Å². The Morgan fingerprint density at radius 2 is 2.47 bits per heavy atom. The van der Waals surface area contributed by atoms with Gasteiger partial charge in [0.15, 0.2) is 0 Å². The maximum Gasteiger partial charge on any atom is 0.208 e. The Kier molecular flexibility index (Phi) is 2.76. The van der Waals surface area contributed by atoms with Gasteiger partial charge in [-0.25, -0.2) is 4.52 Å². The van der Waals surface area contributed by atoms with Crippen molar-refractivity contribution in [2.45, 2.75) is 6.04 Å². The highest BCUT2D eigenvalue weighted by Crippen LogP contribution is 2.21. The lowest BCUT2D eigenvalue weighted by Crippen LogP contribution is -2.17. The van der Waals surface area contributed by atoms with Crippen LogP contribution in [-0.2, 0) is 4.79 Å². The van der Waals surface area contributed by atoms with E-state index in [-0.39, 0.29) is 0 Å². The van der Waals surface area contributed by atoms with Gasteiger partial charge in [0.1, 0.15) is 6.04 Å². The molecule has 1 atom stereocenters. The van der Waals surface area contributed by atoms with Gasteiger partial charge in [-0.3, -0.25) is 4.79 Å². The number of rotatable bonds is 3. The molecule has 82 valence electrons. The Balaban J connectivity index is 2.67. The number of fused-ring (bicyclic) bond motifs is 1. The average molecular weight is 224 g/mol. The van der Waals surface area contributed by atoms with Crippen LogP contribution in [0.15, 0.2) is 24.5 Å². The third-order valence-electron chi connectivity index (χ3n) is 2.40. The van der Waals surface area contributed by atoms with Crippen LogP contribution in [0.25, 0.3) is 5.52 Å². The van der Waals surface area contributed by atoms with E-state index in [1.165, 1.54) is 6.20 Å². The fourth-order valence-electron chi connectivity index (χ4n) is 1.66. The summed E-state index contributed by atoms with van der Waals surface area (Å²) < 4.78 is 1.58. The van der Waals surface area contributed by atoms with Crippen molar-refractivity contribution in [3.63, 3.8) is 0 Å². The molecule has 5 nitrogen and oxygen atoms in total. The van der Waals surface area contributed by atoms with Crippen LogP contribution >= 0.6 is 0 Å². The van der Waals surface area contributed by atoms with Gasteiger partial charge in [0.2, 0.25) is 6.41 Å². The summed E-state index contributed by atoms with van der Waals surface area (Å²) in [6.45, 7) is 0. The normalized spacial score (nSPS) is 11.4. The van der Waals surface area contributed by atoms with Crippen molar-refractivity contribution in [2.75, 3.05) is 0 Å². The molecule has 17 heavy (non-hydrogen) atoms. The van der Waals surface area contributed by atoms with E-state index in [4.69, 9.17) is 11.7 Å². The van der Waals surface area contributed by atoms with Crippen molar-refractivity contribution in [1.29, 1.82) is 5.26 Å². The minimum absolute atomic E-state index is 0.482. The van der Waals surface area contributed by atoms with Crippen molar-refractivity contribution in [1.82, 2.24) is 14.9 Å². The van der Waals surface area contributed by atoms with Crippen LogP contribution < -0.4 is 5.32 Å². The van der Waals surface area contributed by atoms with Gasteiger partial charge in [-0.15, -0.1) is 6.42 Å². The Bertz CT molecular complexity index is 645. The number of nitrogens with zero attached hydrogens (tertiary/aromatic N) is 3. The number of terminal acetylenes is 1. The van der Waals surface area contributed by atoms with E-state index in [0.717, 1.165) is 0 Å². The number of pyridine rings is 1. The van der Waals surface area contributed by atoms with Gasteiger partial charge in [0.05, 0.1) is 23.3 Å². The highest BCUT2D eigenvalue weighted by Gasteiger charge is 2.16. The second-order valence-electron chi connectivity index (χ2n) is 3.31. The van der Waals surface area contributed by atoms with Crippen molar-refractivity contribution >= 4 is 11.9 Å². The largest absolute Gasteiger partial charge is 0.339 e. The van der Waals surface area contributed by atoms with Gasteiger partial charge in [0.25, 0.3) is 0 Å². The summed E-state index contributed by atoms with van der Waals surface area (Å²) in [5, 5.41) is 15.5. The zero-order valence-electron chi connectivity index (χ0n) is 8.79. The van der Waals surface area contributed by atoms with E-state index in [9.17, 15) is 4.79 Å². The number of hydrogen-bond donors (Lipinski definition) is 1. The molecule has 5 heteroatoms. The van der Waals surface area contributed by atoms with Gasteiger partial charge < -0.3 is 5.32 Å². The molecule has 1 N–H and O–H groups in total. The minimum atomic E-state index is -0.750. The number of aromatic nitrogens is 2. The maximum absolute atomic E-state index is 10.4. The molecule has 2 aromatic heterocycles. The Morgan fingerprint density at radius 1 is 1.65 bits per heavy atom. The fraction of sp³-hybridized carbons (Fsp3) is 0.0833. The molecular formula is C12H8N4O. The summed E-state index contributed by atoms with van der Waals surface area (Å²) in [5.41, 5.74) is 1.89. The topological polar surface area (TPSA) is 70.2 Å². The first kappa shape index (κ1) is 10.7. The third-order valence-corrected chi connectivity index (χ3v) is 2.40. The number of amides is 1. The molecule has 0 spiro atoms. The molecule has 2 aromatic rings. The van der Waals surface area contributed by atoms with Crippen LogP contribution in [0.5, 0.6) is 0 Å². The lowest BCUT2D eigenvalue weighted by Gasteiger charge is -2.06. The summed E-state index contributed by atoms with van der Waals surface area (Å²) in [5.74, 6) is 2.53. The summed E-state index contributed by atoms with van der Waals surface area (Å²) in [6, 6.07) is 4.77. The van der Waals surface area contributed by atoms with Crippen LogP contribution in [-0.4, -0.2) is 16.0 Å². The molecule has 0 aromatic carbocycles. The summed E-state index contributed by atoms with van der Waals surface area (Å²) >= 11 is 0. The Hall–Kier alpha value is -2.79. The zero-order chi connectivity index (χ0) is 12.3. The molecule has 2 rings (SSSR count). The predicted molar refractivity (Wildman–Crippen MR) is 60.7 cm³/mol. The first-order valence-electron chi connectivity index (χ1n) is 4.84. The van der Waals surface area contributed by atoms with E-state index in [0.29, 0.717) is 23.1 Å². The average Bonchev–Trinajstić information content (AvgIpc) is 2.79. The van der Waals surface area contributed by atoms with Crippen molar-refractivity contribution in [2.24, 2.45) is 0 Å². The van der Waals surface area contributed by atoms with Crippen LogP contribution in [0.1, 0.15) is 17.2 Å². The van der Waals surface area contributed by atoms with E-state index in [1.807, 2.05) is 6.07 Å². The lowest BCUT2D eigenvalue weighted by atomic mass is 10.1. The molecule has 2 heterocycles. The molecular weight excluding hydrogens is 216 g/mol. The number of carbonyl (C=O) groups is 1. The van der Waals surface area contributed by atoms with Gasteiger partial charge in [-0.2, -0.15) is 10.4 Å². The molecule has 0 aliphatic heterocycles. The molecule has 1 unspecified atom stereocenters. The van der Waals surface area contributed by atoms with Gasteiger partial charge in [-0.05, 0) is 12.1 Å². The molecule has 0 radical (unpaired) electrons. The molecule has 0 fully saturated rings. The molecule has 1 amide bonds. The van der Waals surface area contributed by atoms with Gasteiger partial charge >= 0.3 is 0 Å². The molecule has 0 saturated heterocycles. The zero-order valence-corrected chi connectivity index (χ0v) is 8.79. The minimum Gasteiger partial charge on any atom is -0.339 e. The van der Waals surface area contributed by atoms with Crippen LogP contribution in [0.2, 0.25) is 0 Å². The highest BCUT2D eigenvalue weighted by molar-refractivity contribution is 5.68. The fourth-order valence-corrected chi connectivity index (χ4v) is 1.66. The standard InChI is InChI=1S/C12H8N4O/c1-2-9-4-3-5-16-12(9)10(7-15-16)11(6-13)14-8-17/h1,3-5,7-8,11H,(H,14,17). The van der Waals surface area contributed by atoms with Gasteiger partial charge in [-0.1, -0.05) is 5.92 Å². The number of nitriles is 1. The second kappa shape index (κ2) is 4.38. The van der Waals surface area contributed by atoms with E-state index < -0.39 is 6.04 Å². The SMILES string of the molecule is C#Cc1cccn2ncc(C(C#N)NC=O)c12. The Morgan fingerprint density at radius 3 is 3.12 bits per heavy atom. The van der Waals surface area contributed by atoms with E-state index >= 15 is 0 Å². The monoisotopic (exact) mass is 224 g/mol. The molecule has 0 aliphatic carbocycles. The number of hydrogen-bond acceptors (Lipinski definition) is 3. The molecule has 0 saturated carbocycles. The first-order valence-corrected chi connectivity index (χ1v) is 4.84. The predicted octanol–water partition coefficient (Wildman–Crippen LogP) is 0.626. The quantitative estimate of drug-likeness (QED) is 0.614. The van der Waals surface area contributed by atoms with Crippen molar-refractivity contribution in [3.05, 3.63) is 35.7 Å². The smallest absolute Gasteiger partial charge is 0.208 e. The summed E-state index contributed by atoms with van der Waals surface area (Å²) in [4.78, 5) is 10.4. The van der Waals surface area contributed by atoms with Crippen molar-refractivity contribution in [3.8, 4) is 18.4 Å². The lowest BCUT2D eigenvalue weighted by molar-refractivity contribution is -0.109. The molecule has 0 aliphatic rings. The summed E-state index contributed by atoms with van der Waals surface area (Å²) in [7, 11) is 0. The first-order chi connectivity index (χ1) is 8.31. The van der Waals surface area contributed by atoms with Gasteiger partial charge in [0, 0.05) is 11.8 Å². The van der Waals surface area contributed by atoms with E-state index in [1.54, 1.807) is 22.8 Å². The van der Waals surface area contributed by atoms with E-state index in [2.05, 4.69) is 16.3 Å². The molecule has 0 bridgehead atoms. The maximum atomic E-state index is 10.4.